The third-order valence-corrected chi connectivity index (χ3v) is 4.51. The van der Waals surface area contributed by atoms with Gasteiger partial charge in [0.2, 0.25) is 5.91 Å². The first-order chi connectivity index (χ1) is 11.8. The van der Waals surface area contributed by atoms with Gasteiger partial charge in [0.1, 0.15) is 15.6 Å². The van der Waals surface area contributed by atoms with Crippen LogP contribution in [0.3, 0.4) is 0 Å². The van der Waals surface area contributed by atoms with Crippen molar-refractivity contribution >= 4 is 27.3 Å². The number of anilines is 1. The zero-order valence-corrected chi connectivity index (χ0v) is 14.9. The molecule has 1 aliphatic rings. The molecule has 2 rings (SSSR count). The average molecular weight is 370 g/mol. The van der Waals surface area contributed by atoms with Crippen molar-refractivity contribution in [2.45, 2.75) is 6.42 Å². The Hall–Kier alpha value is -2.13. The minimum atomic E-state index is -3.17. The van der Waals surface area contributed by atoms with Crippen molar-refractivity contribution in [2.75, 3.05) is 50.2 Å². The first-order valence-electron chi connectivity index (χ1n) is 7.89. The van der Waals surface area contributed by atoms with Crippen molar-refractivity contribution in [1.29, 1.82) is 0 Å². The Morgan fingerprint density at radius 3 is 2.44 bits per heavy atom. The van der Waals surface area contributed by atoms with E-state index in [2.05, 4.69) is 5.32 Å². The molecule has 1 aromatic carbocycles. The number of carbonyl (C=O) groups excluding carboxylic acids is 2. The summed E-state index contributed by atoms with van der Waals surface area (Å²) in [5.74, 6) is -0.150. The SMILES string of the molecule is CS(=O)(=O)CCC(=O)Nc1ccc(OCC(=O)N2CCOCC2)cc1. The normalized spacial score (nSPS) is 14.8. The molecule has 0 saturated carbocycles. The fraction of sp³-hybridized carbons (Fsp3) is 0.500. The van der Waals surface area contributed by atoms with Crippen LogP contribution in [0.4, 0.5) is 5.69 Å². The van der Waals surface area contributed by atoms with Crippen LogP contribution in [0.15, 0.2) is 24.3 Å². The quantitative estimate of drug-likeness (QED) is 0.741. The molecule has 0 bridgehead atoms. The number of nitrogens with one attached hydrogen (secondary N) is 1. The van der Waals surface area contributed by atoms with Gasteiger partial charge in [0.15, 0.2) is 6.61 Å². The lowest BCUT2D eigenvalue weighted by Gasteiger charge is -2.26. The number of sulfone groups is 1. The maximum atomic E-state index is 12.0. The molecule has 0 radical (unpaired) electrons. The van der Waals surface area contributed by atoms with Gasteiger partial charge >= 0.3 is 0 Å². The summed E-state index contributed by atoms with van der Waals surface area (Å²) in [6, 6.07) is 6.54. The molecule has 1 aliphatic heterocycles. The van der Waals surface area contributed by atoms with E-state index in [1.165, 1.54) is 0 Å². The number of morpholine rings is 1. The topological polar surface area (TPSA) is 102 Å². The third kappa shape index (κ3) is 7.10. The summed E-state index contributed by atoms with van der Waals surface area (Å²) in [4.78, 5) is 25.3. The van der Waals surface area contributed by atoms with Crippen LogP contribution in [0.1, 0.15) is 6.42 Å². The fourth-order valence-corrected chi connectivity index (χ4v) is 2.74. The van der Waals surface area contributed by atoms with Crippen molar-refractivity contribution in [3.05, 3.63) is 24.3 Å². The maximum absolute atomic E-state index is 12.0. The Labute approximate surface area is 147 Å². The van der Waals surface area contributed by atoms with Gasteiger partial charge in [-0.3, -0.25) is 9.59 Å². The first-order valence-corrected chi connectivity index (χ1v) is 9.95. The monoisotopic (exact) mass is 370 g/mol. The van der Waals surface area contributed by atoms with Gasteiger partial charge in [-0.15, -0.1) is 0 Å². The molecule has 25 heavy (non-hydrogen) atoms. The van der Waals surface area contributed by atoms with Crippen LogP contribution in [-0.4, -0.2) is 70.1 Å². The Balaban J connectivity index is 1.77. The molecule has 0 spiro atoms. The molecule has 1 N–H and O–H groups in total. The van der Waals surface area contributed by atoms with Crippen molar-refractivity contribution < 1.29 is 27.5 Å². The fourth-order valence-electron chi connectivity index (χ4n) is 2.19. The molecule has 2 amide bonds. The molecular formula is C16H22N2O6S. The van der Waals surface area contributed by atoms with E-state index in [0.29, 0.717) is 37.7 Å². The lowest BCUT2D eigenvalue weighted by atomic mass is 10.3. The summed E-state index contributed by atoms with van der Waals surface area (Å²) in [6.45, 7) is 2.17. The van der Waals surface area contributed by atoms with Crippen LogP contribution in [-0.2, 0) is 24.2 Å². The largest absolute Gasteiger partial charge is 0.484 e. The smallest absolute Gasteiger partial charge is 0.260 e. The van der Waals surface area contributed by atoms with Crippen LogP contribution in [0.5, 0.6) is 5.75 Å². The number of amides is 2. The number of rotatable bonds is 7. The number of benzene rings is 1. The lowest BCUT2D eigenvalue weighted by molar-refractivity contribution is -0.137. The molecule has 9 heteroatoms. The second-order valence-electron chi connectivity index (χ2n) is 5.73. The van der Waals surface area contributed by atoms with E-state index < -0.39 is 9.84 Å². The predicted molar refractivity (Wildman–Crippen MR) is 92.3 cm³/mol. The molecule has 0 atom stereocenters. The second kappa shape index (κ2) is 8.82. The van der Waals surface area contributed by atoms with E-state index in [4.69, 9.17) is 9.47 Å². The van der Waals surface area contributed by atoms with E-state index in [-0.39, 0.29) is 30.6 Å². The highest BCUT2D eigenvalue weighted by atomic mass is 32.2. The van der Waals surface area contributed by atoms with Gasteiger partial charge in [0, 0.05) is 31.5 Å². The van der Waals surface area contributed by atoms with Crippen LogP contribution >= 0.6 is 0 Å². The van der Waals surface area contributed by atoms with Crippen molar-refractivity contribution in [3.63, 3.8) is 0 Å². The predicted octanol–water partition coefficient (Wildman–Crippen LogP) is 0.297. The minimum Gasteiger partial charge on any atom is -0.484 e. The number of carbonyl (C=O) groups is 2. The van der Waals surface area contributed by atoms with Crippen molar-refractivity contribution in [1.82, 2.24) is 4.90 Å². The molecule has 0 unspecified atom stereocenters. The molecule has 1 heterocycles. The van der Waals surface area contributed by atoms with Gasteiger partial charge in [0.25, 0.3) is 5.91 Å². The van der Waals surface area contributed by atoms with Crippen molar-refractivity contribution in [3.8, 4) is 5.75 Å². The highest BCUT2D eigenvalue weighted by Gasteiger charge is 2.17. The Morgan fingerprint density at radius 1 is 1.20 bits per heavy atom. The van der Waals surface area contributed by atoms with Crippen LogP contribution in [0, 0.1) is 0 Å². The standard InChI is InChI=1S/C16H22N2O6S/c1-25(21,22)11-6-15(19)17-13-2-4-14(5-3-13)24-12-16(20)18-7-9-23-10-8-18/h2-5H,6-12H2,1H3,(H,17,19). The van der Waals surface area contributed by atoms with E-state index in [0.717, 1.165) is 6.26 Å². The van der Waals surface area contributed by atoms with Gasteiger partial charge in [0.05, 0.1) is 19.0 Å². The second-order valence-corrected chi connectivity index (χ2v) is 7.99. The average Bonchev–Trinajstić information content (AvgIpc) is 2.59. The first kappa shape index (κ1) is 19.2. The summed E-state index contributed by atoms with van der Waals surface area (Å²) < 4.78 is 32.7. The summed E-state index contributed by atoms with van der Waals surface area (Å²) >= 11 is 0. The van der Waals surface area contributed by atoms with Crippen molar-refractivity contribution in [2.24, 2.45) is 0 Å². The number of hydrogen-bond acceptors (Lipinski definition) is 6. The third-order valence-electron chi connectivity index (χ3n) is 3.56. The van der Waals surface area contributed by atoms with Crippen LogP contribution in [0.2, 0.25) is 0 Å². The zero-order chi connectivity index (χ0) is 18.3. The van der Waals surface area contributed by atoms with Crippen LogP contribution < -0.4 is 10.1 Å². The van der Waals surface area contributed by atoms with Crippen LogP contribution in [0.25, 0.3) is 0 Å². The molecule has 1 saturated heterocycles. The van der Waals surface area contributed by atoms with E-state index in [9.17, 15) is 18.0 Å². The molecular weight excluding hydrogens is 348 g/mol. The minimum absolute atomic E-state index is 0.0555. The number of nitrogens with zero attached hydrogens (tertiary/aromatic N) is 1. The highest BCUT2D eigenvalue weighted by Crippen LogP contribution is 2.16. The zero-order valence-electron chi connectivity index (χ0n) is 14.1. The molecule has 8 nitrogen and oxygen atoms in total. The van der Waals surface area contributed by atoms with E-state index in [1.807, 2.05) is 0 Å². The highest BCUT2D eigenvalue weighted by molar-refractivity contribution is 7.90. The number of ether oxygens (including phenoxy) is 2. The Kier molecular flexibility index (Phi) is 6.77. The summed E-state index contributed by atoms with van der Waals surface area (Å²) in [5, 5.41) is 2.61. The molecule has 0 aromatic heterocycles. The van der Waals surface area contributed by atoms with Gasteiger partial charge in [-0.1, -0.05) is 0 Å². The van der Waals surface area contributed by atoms with E-state index in [1.54, 1.807) is 29.2 Å². The van der Waals surface area contributed by atoms with E-state index >= 15 is 0 Å². The van der Waals surface area contributed by atoms with Gasteiger partial charge in [-0.25, -0.2) is 8.42 Å². The molecule has 0 aliphatic carbocycles. The van der Waals surface area contributed by atoms with Gasteiger partial charge in [-0.05, 0) is 24.3 Å². The molecule has 138 valence electrons. The molecule has 1 aromatic rings. The molecule has 1 fully saturated rings. The Bertz CT molecular complexity index is 696. The summed E-state index contributed by atoms with van der Waals surface area (Å²) in [5.41, 5.74) is 0.533. The lowest BCUT2D eigenvalue weighted by Crippen LogP contribution is -2.42. The summed E-state index contributed by atoms with van der Waals surface area (Å²) in [6.07, 6.45) is 0.996. The van der Waals surface area contributed by atoms with Gasteiger partial charge in [-0.2, -0.15) is 0 Å². The van der Waals surface area contributed by atoms with Gasteiger partial charge < -0.3 is 19.7 Å². The maximum Gasteiger partial charge on any atom is 0.260 e. The Morgan fingerprint density at radius 2 is 1.84 bits per heavy atom. The summed E-state index contributed by atoms with van der Waals surface area (Å²) in [7, 11) is -3.17. The number of hydrogen-bond donors (Lipinski definition) is 1.